The quantitative estimate of drug-likeness (QED) is 0.183. The van der Waals surface area contributed by atoms with Crippen molar-refractivity contribution in [3.63, 3.8) is 0 Å². The van der Waals surface area contributed by atoms with E-state index in [1.807, 2.05) is 109 Å². The highest BCUT2D eigenvalue weighted by molar-refractivity contribution is 5.97. The summed E-state index contributed by atoms with van der Waals surface area (Å²) in [5.74, 6) is -1.51. The molecule has 1 unspecified atom stereocenters. The molecule has 0 saturated carbocycles. The molecule has 0 bridgehead atoms. The second-order valence-electron chi connectivity index (χ2n) is 12.1. The predicted molar refractivity (Wildman–Crippen MR) is 176 cm³/mol. The fourth-order valence-electron chi connectivity index (χ4n) is 5.31. The van der Waals surface area contributed by atoms with Crippen LogP contribution in [0.3, 0.4) is 0 Å². The molecule has 0 spiro atoms. The molecule has 2 N–H and O–H groups in total. The molecule has 5 aromatic rings. The number of hydrogen-bond acceptors (Lipinski definition) is 3. The van der Waals surface area contributed by atoms with Gasteiger partial charge in [0.25, 0.3) is 5.91 Å². The molecule has 1 atom stereocenters. The largest absolute Gasteiger partial charge is 0.508 e. The number of phenolic OH excluding ortho intramolecular Hbond substituents is 1. The average Bonchev–Trinajstić information content (AvgIpc) is 3.04. The maximum atomic E-state index is 14.1. The summed E-state index contributed by atoms with van der Waals surface area (Å²) in [4.78, 5) is 28.4. The fourth-order valence-corrected chi connectivity index (χ4v) is 5.31. The molecular formula is C39H37NO4. The number of amides is 1. The van der Waals surface area contributed by atoms with Crippen LogP contribution < -0.4 is 0 Å². The molecule has 5 nitrogen and oxygen atoms in total. The van der Waals surface area contributed by atoms with Gasteiger partial charge in [-0.3, -0.25) is 4.79 Å². The van der Waals surface area contributed by atoms with Crippen molar-refractivity contribution < 1.29 is 19.8 Å². The van der Waals surface area contributed by atoms with Gasteiger partial charge in [-0.2, -0.15) is 0 Å². The van der Waals surface area contributed by atoms with E-state index in [9.17, 15) is 19.8 Å². The van der Waals surface area contributed by atoms with Gasteiger partial charge >= 0.3 is 5.97 Å². The topological polar surface area (TPSA) is 77.8 Å². The Hall–Kier alpha value is -5.16. The summed E-state index contributed by atoms with van der Waals surface area (Å²) in [5.41, 5.74) is 6.52. The number of benzene rings is 5. The van der Waals surface area contributed by atoms with Crippen LogP contribution in [0.4, 0.5) is 0 Å². The van der Waals surface area contributed by atoms with Gasteiger partial charge in [-0.1, -0.05) is 124 Å². The zero-order chi connectivity index (χ0) is 31.3. The van der Waals surface area contributed by atoms with Crippen molar-refractivity contribution in [2.45, 2.75) is 45.2 Å². The lowest BCUT2D eigenvalue weighted by atomic mass is 9.86. The van der Waals surface area contributed by atoms with E-state index in [0.29, 0.717) is 11.1 Å². The number of carbonyl (C=O) groups excluding carboxylic acids is 1. The van der Waals surface area contributed by atoms with Crippen molar-refractivity contribution in [3.8, 4) is 28.0 Å². The number of nitrogens with zero attached hydrogens (tertiary/aromatic N) is 1. The summed E-state index contributed by atoms with van der Waals surface area (Å²) >= 11 is 0. The fraction of sp³-hybridized carbons (Fsp3) is 0.179. The van der Waals surface area contributed by atoms with E-state index in [0.717, 1.165) is 33.4 Å². The Labute approximate surface area is 259 Å². The van der Waals surface area contributed by atoms with Crippen LogP contribution in [-0.4, -0.2) is 33.0 Å². The molecule has 0 aliphatic heterocycles. The van der Waals surface area contributed by atoms with Gasteiger partial charge in [0.1, 0.15) is 11.8 Å². The van der Waals surface area contributed by atoms with Gasteiger partial charge < -0.3 is 15.1 Å². The minimum atomic E-state index is -1.17. The summed E-state index contributed by atoms with van der Waals surface area (Å²) in [6.07, 6.45) is 0.109. The highest BCUT2D eigenvalue weighted by Gasteiger charge is 2.32. The van der Waals surface area contributed by atoms with Crippen LogP contribution in [0.15, 0.2) is 127 Å². The first kappa shape index (κ1) is 30.3. The highest BCUT2D eigenvalue weighted by Crippen LogP contribution is 2.30. The van der Waals surface area contributed by atoms with Crippen LogP contribution >= 0.6 is 0 Å². The van der Waals surface area contributed by atoms with E-state index in [4.69, 9.17) is 0 Å². The number of aliphatic carboxylic acids is 1. The summed E-state index contributed by atoms with van der Waals surface area (Å²) in [7, 11) is 0. The molecule has 222 valence electrons. The molecular weight excluding hydrogens is 546 g/mol. The molecule has 1 amide bonds. The summed E-state index contributed by atoms with van der Waals surface area (Å²) in [6.45, 7) is 6.15. The molecule has 0 radical (unpaired) electrons. The number of carbonyl (C=O) groups is 2. The van der Waals surface area contributed by atoms with Crippen molar-refractivity contribution in [2.75, 3.05) is 0 Å². The van der Waals surface area contributed by atoms with Crippen molar-refractivity contribution >= 4 is 11.9 Å². The number of rotatable bonds is 9. The maximum absolute atomic E-state index is 14.1. The average molecular weight is 584 g/mol. The predicted octanol–water partition coefficient (Wildman–Crippen LogP) is 8.36. The van der Waals surface area contributed by atoms with Crippen LogP contribution in [0.2, 0.25) is 0 Å². The third-order valence-corrected chi connectivity index (χ3v) is 7.94. The minimum Gasteiger partial charge on any atom is -0.508 e. The molecule has 5 rings (SSSR count). The van der Waals surface area contributed by atoms with Gasteiger partial charge in [-0.15, -0.1) is 0 Å². The normalized spacial score (nSPS) is 12.0. The van der Waals surface area contributed by atoms with E-state index in [1.165, 1.54) is 4.90 Å². The molecule has 0 heterocycles. The lowest BCUT2D eigenvalue weighted by Gasteiger charge is -2.30. The first-order chi connectivity index (χ1) is 21.1. The standard InChI is InChI=1S/C39H37NO4/c1-39(2,3)34-22-23-36(41)33(25-34)26-40(37(42)32-20-18-31(19-21-32)29-12-8-5-9-13-29)35(38(43)44)24-27-14-16-30(17-15-27)28-10-6-4-7-11-28/h4-23,25,35,41H,24,26H2,1-3H3,(H,43,44). The van der Waals surface area contributed by atoms with Crippen LogP contribution in [0.5, 0.6) is 5.75 Å². The Morgan fingerprint density at radius 3 is 1.68 bits per heavy atom. The Bertz CT molecular complexity index is 1720. The van der Waals surface area contributed by atoms with E-state index >= 15 is 0 Å². The van der Waals surface area contributed by atoms with Gasteiger partial charge in [0.2, 0.25) is 0 Å². The van der Waals surface area contributed by atoms with Crippen LogP contribution in [0.25, 0.3) is 22.3 Å². The second-order valence-corrected chi connectivity index (χ2v) is 12.1. The van der Waals surface area contributed by atoms with E-state index in [-0.39, 0.29) is 24.1 Å². The van der Waals surface area contributed by atoms with Gasteiger partial charge in [0.15, 0.2) is 0 Å². The Morgan fingerprint density at radius 1 is 0.682 bits per heavy atom. The molecule has 5 heteroatoms. The smallest absolute Gasteiger partial charge is 0.326 e. The molecule has 0 aromatic heterocycles. The molecule has 5 aromatic carbocycles. The van der Waals surface area contributed by atoms with Crippen molar-refractivity contribution in [3.05, 3.63) is 150 Å². The number of aromatic hydroxyl groups is 1. The molecule has 44 heavy (non-hydrogen) atoms. The van der Waals surface area contributed by atoms with Crippen LogP contribution in [0, 0.1) is 0 Å². The summed E-state index contributed by atoms with van der Waals surface area (Å²) in [5, 5.41) is 21.3. The molecule has 0 fully saturated rings. The Balaban J connectivity index is 1.50. The number of hydrogen-bond donors (Lipinski definition) is 2. The van der Waals surface area contributed by atoms with Gasteiger partial charge in [-0.25, -0.2) is 4.79 Å². The zero-order valence-corrected chi connectivity index (χ0v) is 25.3. The van der Waals surface area contributed by atoms with Gasteiger partial charge in [0.05, 0.1) is 6.54 Å². The van der Waals surface area contributed by atoms with Gasteiger partial charge in [-0.05, 0) is 63.1 Å². The van der Waals surface area contributed by atoms with Crippen molar-refractivity contribution in [1.29, 1.82) is 0 Å². The van der Waals surface area contributed by atoms with E-state index < -0.39 is 17.9 Å². The second kappa shape index (κ2) is 13.0. The third kappa shape index (κ3) is 7.07. The minimum absolute atomic E-state index is 0.0200. The Kier molecular flexibility index (Phi) is 8.96. The third-order valence-electron chi connectivity index (χ3n) is 7.94. The van der Waals surface area contributed by atoms with Crippen LogP contribution in [0.1, 0.15) is 47.8 Å². The highest BCUT2D eigenvalue weighted by atomic mass is 16.4. The molecule has 0 aliphatic carbocycles. The van der Waals surface area contributed by atoms with E-state index in [1.54, 1.807) is 18.2 Å². The lowest BCUT2D eigenvalue weighted by Crippen LogP contribution is -2.46. The monoisotopic (exact) mass is 583 g/mol. The van der Waals surface area contributed by atoms with Gasteiger partial charge in [0, 0.05) is 17.5 Å². The number of carboxylic acid groups (broad SMARTS) is 1. The molecule has 0 aliphatic rings. The first-order valence-corrected chi connectivity index (χ1v) is 14.8. The maximum Gasteiger partial charge on any atom is 0.326 e. The van der Waals surface area contributed by atoms with Crippen molar-refractivity contribution in [1.82, 2.24) is 4.90 Å². The molecule has 0 saturated heterocycles. The van der Waals surface area contributed by atoms with Crippen molar-refractivity contribution in [2.24, 2.45) is 0 Å². The first-order valence-electron chi connectivity index (χ1n) is 14.8. The number of phenols is 1. The lowest BCUT2D eigenvalue weighted by molar-refractivity contribution is -0.142. The number of carboxylic acids is 1. The summed E-state index contributed by atoms with van der Waals surface area (Å²) < 4.78 is 0. The summed E-state index contributed by atoms with van der Waals surface area (Å²) in [6, 6.07) is 39.0. The Morgan fingerprint density at radius 2 is 1.18 bits per heavy atom. The SMILES string of the molecule is CC(C)(C)c1ccc(O)c(CN(C(=O)c2ccc(-c3ccccc3)cc2)C(Cc2ccc(-c3ccccc3)cc2)C(=O)O)c1. The van der Waals surface area contributed by atoms with Crippen LogP contribution in [-0.2, 0) is 23.2 Å². The van der Waals surface area contributed by atoms with E-state index in [2.05, 4.69) is 20.8 Å². The zero-order valence-electron chi connectivity index (χ0n) is 25.3.